The fourth-order valence-electron chi connectivity index (χ4n) is 2.95. The van der Waals surface area contributed by atoms with Crippen LogP contribution in [0.15, 0.2) is 100 Å². The smallest absolute Gasteiger partial charge is 0.313 e. The van der Waals surface area contributed by atoms with Gasteiger partial charge in [-0.2, -0.15) is 0 Å². The normalized spacial score (nSPS) is 11.6. The molecule has 154 valence electrons. The lowest BCUT2D eigenvalue weighted by Gasteiger charge is -2.13. The predicted octanol–water partition coefficient (Wildman–Crippen LogP) is 4.67. The summed E-state index contributed by atoms with van der Waals surface area (Å²) in [6.45, 7) is 0. The molecule has 2 N–H and O–H groups in total. The third-order valence-electron chi connectivity index (χ3n) is 4.43. The average Bonchev–Trinajstić information content (AvgIpc) is 2.81. The standard InChI is InChI=1S/C22H16N4O4S/c27-21-17-11-5-4-10-16(17)19(26-31(29,30)15-8-2-1-3-9-15)14-20(21)24-25-22(28)18-12-6-7-13-23-18/h1-14,26-27H. The molecule has 9 heteroatoms. The van der Waals surface area contributed by atoms with Gasteiger partial charge in [0.05, 0.1) is 10.6 Å². The zero-order chi connectivity index (χ0) is 21.8. The summed E-state index contributed by atoms with van der Waals surface area (Å²) in [6, 6.07) is 20.7. The average molecular weight is 432 g/mol. The fraction of sp³-hybridized carbons (Fsp3) is 0. The van der Waals surface area contributed by atoms with E-state index in [0.717, 1.165) is 0 Å². The second-order valence-electron chi connectivity index (χ2n) is 6.48. The molecule has 0 unspecified atom stereocenters. The van der Waals surface area contributed by atoms with Crippen molar-refractivity contribution in [2.45, 2.75) is 4.90 Å². The number of sulfonamides is 1. The predicted molar refractivity (Wildman–Crippen MR) is 116 cm³/mol. The Labute approximate surface area is 178 Å². The Morgan fingerprint density at radius 2 is 1.58 bits per heavy atom. The number of hydrogen-bond acceptors (Lipinski definition) is 6. The van der Waals surface area contributed by atoms with Gasteiger partial charge in [-0.1, -0.05) is 48.5 Å². The van der Waals surface area contributed by atoms with Crippen LogP contribution in [-0.2, 0) is 10.0 Å². The zero-order valence-corrected chi connectivity index (χ0v) is 16.8. The van der Waals surface area contributed by atoms with Gasteiger partial charge in [0.15, 0.2) is 5.75 Å². The maximum Gasteiger partial charge on any atom is 0.313 e. The molecule has 0 atom stereocenters. The van der Waals surface area contributed by atoms with Crippen molar-refractivity contribution in [1.29, 1.82) is 0 Å². The monoisotopic (exact) mass is 432 g/mol. The maximum absolute atomic E-state index is 12.8. The number of aromatic hydroxyl groups is 1. The number of amides is 1. The topological polar surface area (TPSA) is 121 Å². The molecule has 8 nitrogen and oxygen atoms in total. The molecule has 0 aliphatic heterocycles. The highest BCUT2D eigenvalue weighted by molar-refractivity contribution is 7.92. The lowest BCUT2D eigenvalue weighted by Crippen LogP contribution is -2.13. The first-order valence-corrected chi connectivity index (χ1v) is 10.6. The number of phenolic OH excluding ortho intramolecular Hbond substituents is 1. The summed E-state index contributed by atoms with van der Waals surface area (Å²) in [6.07, 6.45) is 1.45. The number of nitrogens with zero attached hydrogens (tertiary/aromatic N) is 3. The number of carbonyl (C=O) groups is 1. The Morgan fingerprint density at radius 3 is 2.29 bits per heavy atom. The van der Waals surface area contributed by atoms with Gasteiger partial charge in [-0.15, -0.1) is 10.2 Å². The summed E-state index contributed by atoms with van der Waals surface area (Å²) in [4.78, 5) is 16.2. The molecule has 3 aromatic carbocycles. The number of anilines is 1. The Morgan fingerprint density at radius 1 is 0.903 bits per heavy atom. The van der Waals surface area contributed by atoms with E-state index in [-0.39, 0.29) is 27.7 Å². The first-order valence-electron chi connectivity index (χ1n) is 9.15. The van der Waals surface area contributed by atoms with Gasteiger partial charge in [0, 0.05) is 17.0 Å². The summed E-state index contributed by atoms with van der Waals surface area (Å²) >= 11 is 0. The van der Waals surface area contributed by atoms with Crippen molar-refractivity contribution < 1.29 is 18.3 Å². The summed E-state index contributed by atoms with van der Waals surface area (Å²) in [5.74, 6) is -0.921. The Hall–Kier alpha value is -4.11. The highest BCUT2D eigenvalue weighted by atomic mass is 32.2. The second kappa shape index (κ2) is 8.33. The molecule has 1 aromatic heterocycles. The molecule has 0 spiro atoms. The van der Waals surface area contributed by atoms with Crippen molar-refractivity contribution in [1.82, 2.24) is 4.98 Å². The van der Waals surface area contributed by atoms with Gasteiger partial charge in [0.1, 0.15) is 11.4 Å². The van der Waals surface area contributed by atoms with E-state index >= 15 is 0 Å². The summed E-state index contributed by atoms with van der Waals surface area (Å²) in [5, 5.41) is 18.9. The first-order chi connectivity index (χ1) is 15.0. The van der Waals surface area contributed by atoms with Crippen LogP contribution in [0.2, 0.25) is 0 Å². The van der Waals surface area contributed by atoms with Gasteiger partial charge >= 0.3 is 5.91 Å². The van der Waals surface area contributed by atoms with Crippen LogP contribution in [-0.4, -0.2) is 24.4 Å². The first kappa shape index (κ1) is 20.2. The molecule has 0 saturated carbocycles. The van der Waals surface area contributed by atoms with Crippen molar-refractivity contribution in [3.63, 3.8) is 0 Å². The van der Waals surface area contributed by atoms with Crippen LogP contribution in [0.3, 0.4) is 0 Å². The maximum atomic E-state index is 12.8. The SMILES string of the molecule is O=C(N=Nc1cc(NS(=O)(=O)c2ccccc2)c2ccccc2c1O)c1ccccn1. The number of aromatic nitrogens is 1. The van der Waals surface area contributed by atoms with Gasteiger partial charge in [-0.3, -0.25) is 14.5 Å². The Balaban J connectivity index is 1.77. The molecule has 4 rings (SSSR count). The van der Waals surface area contributed by atoms with Crippen LogP contribution in [0.4, 0.5) is 11.4 Å². The van der Waals surface area contributed by atoms with Crippen molar-refractivity contribution in [3.8, 4) is 5.75 Å². The largest absolute Gasteiger partial charge is 0.505 e. The molecule has 31 heavy (non-hydrogen) atoms. The van der Waals surface area contributed by atoms with E-state index in [1.54, 1.807) is 54.6 Å². The van der Waals surface area contributed by atoms with E-state index in [1.807, 2.05) is 0 Å². The highest BCUT2D eigenvalue weighted by Crippen LogP contribution is 2.40. The third kappa shape index (κ3) is 4.26. The molecule has 4 aromatic rings. The third-order valence-corrected chi connectivity index (χ3v) is 5.81. The molecular formula is C22H16N4O4S. The minimum Gasteiger partial charge on any atom is -0.505 e. The Bertz CT molecular complexity index is 1390. The van der Waals surface area contributed by atoms with Crippen LogP contribution in [0.5, 0.6) is 5.75 Å². The van der Waals surface area contributed by atoms with E-state index in [9.17, 15) is 18.3 Å². The Kier molecular flexibility index (Phi) is 5.42. The number of fused-ring (bicyclic) bond motifs is 1. The van der Waals surface area contributed by atoms with Gasteiger partial charge in [0.25, 0.3) is 10.0 Å². The van der Waals surface area contributed by atoms with E-state index in [4.69, 9.17) is 0 Å². The van der Waals surface area contributed by atoms with Crippen LogP contribution in [0.1, 0.15) is 10.5 Å². The number of azo groups is 1. The molecular weight excluding hydrogens is 416 g/mol. The van der Waals surface area contributed by atoms with Crippen LogP contribution < -0.4 is 4.72 Å². The molecule has 0 radical (unpaired) electrons. The number of phenols is 1. The fourth-order valence-corrected chi connectivity index (χ4v) is 4.04. The van der Waals surface area contributed by atoms with Crippen molar-refractivity contribution in [3.05, 3.63) is 90.8 Å². The molecule has 0 bridgehead atoms. The zero-order valence-electron chi connectivity index (χ0n) is 16.0. The van der Waals surface area contributed by atoms with Crippen LogP contribution in [0, 0.1) is 0 Å². The second-order valence-corrected chi connectivity index (χ2v) is 8.16. The van der Waals surface area contributed by atoms with Crippen LogP contribution >= 0.6 is 0 Å². The minimum absolute atomic E-state index is 0.0613. The molecule has 0 saturated heterocycles. The molecule has 0 fully saturated rings. The lowest BCUT2D eigenvalue weighted by atomic mass is 10.1. The van der Waals surface area contributed by atoms with E-state index < -0.39 is 15.9 Å². The summed E-state index contributed by atoms with van der Waals surface area (Å²) in [7, 11) is -3.89. The number of benzene rings is 3. The quantitative estimate of drug-likeness (QED) is 0.351. The summed E-state index contributed by atoms with van der Waals surface area (Å²) < 4.78 is 28.1. The molecule has 1 heterocycles. The molecule has 0 aliphatic carbocycles. The van der Waals surface area contributed by atoms with Gasteiger partial charge < -0.3 is 5.11 Å². The van der Waals surface area contributed by atoms with Crippen molar-refractivity contribution in [2.75, 3.05) is 4.72 Å². The summed E-state index contributed by atoms with van der Waals surface area (Å²) in [5.41, 5.74) is 0.224. The van der Waals surface area contributed by atoms with Crippen LogP contribution in [0.25, 0.3) is 10.8 Å². The van der Waals surface area contributed by atoms with Crippen molar-refractivity contribution in [2.24, 2.45) is 10.2 Å². The van der Waals surface area contributed by atoms with Gasteiger partial charge in [0.2, 0.25) is 0 Å². The highest BCUT2D eigenvalue weighted by Gasteiger charge is 2.18. The van der Waals surface area contributed by atoms with E-state index in [2.05, 4.69) is 19.9 Å². The van der Waals surface area contributed by atoms with E-state index in [1.165, 1.54) is 30.5 Å². The van der Waals surface area contributed by atoms with Gasteiger partial charge in [-0.25, -0.2) is 8.42 Å². The number of hydrogen-bond donors (Lipinski definition) is 2. The number of pyridine rings is 1. The number of rotatable bonds is 5. The van der Waals surface area contributed by atoms with Crippen molar-refractivity contribution >= 4 is 38.1 Å². The molecule has 1 amide bonds. The minimum atomic E-state index is -3.89. The molecule has 0 aliphatic rings. The van der Waals surface area contributed by atoms with E-state index in [0.29, 0.717) is 10.8 Å². The number of carbonyl (C=O) groups excluding carboxylic acids is 1. The number of nitrogens with one attached hydrogen (secondary N) is 1. The van der Waals surface area contributed by atoms with Gasteiger partial charge in [-0.05, 0) is 30.3 Å². The lowest BCUT2D eigenvalue weighted by molar-refractivity contribution is 0.0990.